The summed E-state index contributed by atoms with van der Waals surface area (Å²) in [6.07, 6.45) is 6.17. The van der Waals surface area contributed by atoms with E-state index in [1.807, 2.05) is 6.07 Å². The van der Waals surface area contributed by atoms with E-state index in [2.05, 4.69) is 15.3 Å². The van der Waals surface area contributed by atoms with Crippen LogP contribution in [0.2, 0.25) is 0 Å². The summed E-state index contributed by atoms with van der Waals surface area (Å²) in [6, 6.07) is 2.02. The molecular formula is C12H15N3O. The molecule has 0 aliphatic heterocycles. The molecular weight excluding hydrogens is 202 g/mol. The molecule has 3 rings (SSSR count). The predicted octanol–water partition coefficient (Wildman–Crippen LogP) is 1.38. The molecule has 16 heavy (non-hydrogen) atoms. The average Bonchev–Trinajstić information content (AvgIpc) is 3.20. The fourth-order valence-corrected chi connectivity index (χ4v) is 1.78. The van der Waals surface area contributed by atoms with Crippen LogP contribution in [0.15, 0.2) is 12.4 Å². The van der Waals surface area contributed by atoms with Crippen LogP contribution < -0.4 is 5.32 Å². The van der Waals surface area contributed by atoms with Crippen molar-refractivity contribution in [1.82, 2.24) is 15.3 Å². The average molecular weight is 217 g/mol. The smallest absolute Gasteiger partial charge is 0.223 e. The van der Waals surface area contributed by atoms with Gasteiger partial charge in [-0.1, -0.05) is 0 Å². The molecule has 1 aromatic rings. The summed E-state index contributed by atoms with van der Waals surface area (Å²) in [7, 11) is 0. The van der Waals surface area contributed by atoms with Gasteiger partial charge in [-0.3, -0.25) is 4.79 Å². The van der Waals surface area contributed by atoms with Gasteiger partial charge < -0.3 is 5.32 Å². The molecule has 4 nitrogen and oxygen atoms in total. The highest BCUT2D eigenvalue weighted by molar-refractivity contribution is 5.80. The highest BCUT2D eigenvalue weighted by Gasteiger charge is 2.29. The van der Waals surface area contributed by atoms with Gasteiger partial charge >= 0.3 is 0 Å². The van der Waals surface area contributed by atoms with E-state index in [1.165, 1.54) is 12.8 Å². The van der Waals surface area contributed by atoms with E-state index in [-0.39, 0.29) is 11.8 Å². The highest BCUT2D eigenvalue weighted by Crippen LogP contribution is 2.38. The summed E-state index contributed by atoms with van der Waals surface area (Å²) in [5.41, 5.74) is 2.05. The van der Waals surface area contributed by atoms with Gasteiger partial charge in [0.15, 0.2) is 0 Å². The molecule has 4 heteroatoms. The minimum absolute atomic E-state index is 0.173. The first-order valence-electron chi connectivity index (χ1n) is 5.91. The van der Waals surface area contributed by atoms with Crippen molar-refractivity contribution in [1.29, 1.82) is 0 Å². The molecule has 0 radical (unpaired) electrons. The maximum Gasteiger partial charge on any atom is 0.223 e. The summed E-state index contributed by atoms with van der Waals surface area (Å²) in [5.74, 6) is 1.08. The molecule has 2 aliphatic carbocycles. The van der Waals surface area contributed by atoms with Crippen LogP contribution in [0.25, 0.3) is 0 Å². The Morgan fingerprint density at radius 3 is 2.81 bits per heavy atom. The Morgan fingerprint density at radius 2 is 2.12 bits per heavy atom. The number of aromatic nitrogens is 2. The van der Waals surface area contributed by atoms with Crippen molar-refractivity contribution in [3.8, 4) is 0 Å². The van der Waals surface area contributed by atoms with E-state index < -0.39 is 0 Å². The largest absolute Gasteiger partial charge is 0.350 e. The molecule has 0 aromatic carbocycles. The first kappa shape index (κ1) is 9.75. The second-order valence-corrected chi connectivity index (χ2v) is 4.70. The van der Waals surface area contributed by atoms with Crippen LogP contribution in [-0.4, -0.2) is 15.9 Å². The van der Waals surface area contributed by atoms with Gasteiger partial charge in [0.2, 0.25) is 5.91 Å². The van der Waals surface area contributed by atoms with Crippen LogP contribution >= 0.6 is 0 Å². The number of carbonyl (C=O) groups is 1. The lowest BCUT2D eigenvalue weighted by atomic mass is 10.2. The molecule has 0 unspecified atom stereocenters. The van der Waals surface area contributed by atoms with Crippen LogP contribution in [0, 0.1) is 5.92 Å². The topological polar surface area (TPSA) is 54.9 Å². The lowest BCUT2D eigenvalue weighted by Crippen LogP contribution is -2.24. The van der Waals surface area contributed by atoms with E-state index >= 15 is 0 Å². The number of hydrogen-bond donors (Lipinski definition) is 1. The lowest BCUT2D eigenvalue weighted by molar-refractivity contribution is -0.122. The molecule has 0 atom stereocenters. The Labute approximate surface area is 94.5 Å². The normalized spacial score (nSPS) is 19.5. The zero-order valence-electron chi connectivity index (χ0n) is 9.15. The molecule has 2 saturated carbocycles. The van der Waals surface area contributed by atoms with Crippen molar-refractivity contribution in [3.05, 3.63) is 23.8 Å². The van der Waals surface area contributed by atoms with Gasteiger partial charge in [-0.05, 0) is 31.7 Å². The minimum Gasteiger partial charge on any atom is -0.350 e. The highest BCUT2D eigenvalue weighted by atomic mass is 16.2. The molecule has 0 bridgehead atoms. The van der Waals surface area contributed by atoms with E-state index in [4.69, 9.17) is 0 Å². The fraction of sp³-hybridized carbons (Fsp3) is 0.583. The molecule has 0 saturated heterocycles. The Hall–Kier alpha value is -1.45. The number of carbonyl (C=O) groups excluding carboxylic acids is 1. The zero-order valence-corrected chi connectivity index (χ0v) is 9.15. The second kappa shape index (κ2) is 3.85. The van der Waals surface area contributed by atoms with Crippen LogP contribution in [0.3, 0.4) is 0 Å². The summed E-state index contributed by atoms with van der Waals surface area (Å²) in [6.45, 7) is 0.539. The summed E-state index contributed by atoms with van der Waals surface area (Å²) >= 11 is 0. The van der Waals surface area contributed by atoms with Crippen molar-refractivity contribution >= 4 is 5.91 Å². The van der Waals surface area contributed by atoms with Crippen molar-refractivity contribution in [3.63, 3.8) is 0 Å². The summed E-state index contributed by atoms with van der Waals surface area (Å²) in [5, 5.41) is 2.92. The van der Waals surface area contributed by atoms with Crippen molar-refractivity contribution in [2.45, 2.75) is 38.1 Å². The Kier molecular flexibility index (Phi) is 2.35. The molecule has 1 amide bonds. The SMILES string of the molecule is O=C(NCc1cc(C2CC2)ncn1)C1CC1. The third-order valence-electron chi connectivity index (χ3n) is 3.13. The quantitative estimate of drug-likeness (QED) is 0.829. The number of hydrogen-bond acceptors (Lipinski definition) is 3. The Bertz CT molecular complexity index is 410. The Morgan fingerprint density at radius 1 is 1.31 bits per heavy atom. The minimum atomic E-state index is 0.173. The van der Waals surface area contributed by atoms with E-state index in [0.717, 1.165) is 24.2 Å². The predicted molar refractivity (Wildman–Crippen MR) is 58.6 cm³/mol. The number of nitrogens with one attached hydrogen (secondary N) is 1. The third-order valence-corrected chi connectivity index (χ3v) is 3.13. The second-order valence-electron chi connectivity index (χ2n) is 4.70. The molecule has 84 valence electrons. The first-order chi connectivity index (χ1) is 7.83. The molecule has 0 spiro atoms. The monoisotopic (exact) mass is 217 g/mol. The lowest BCUT2D eigenvalue weighted by Gasteiger charge is -2.04. The van der Waals surface area contributed by atoms with E-state index in [0.29, 0.717) is 12.5 Å². The van der Waals surface area contributed by atoms with Gasteiger partial charge in [-0.15, -0.1) is 0 Å². The third kappa shape index (κ3) is 2.21. The van der Waals surface area contributed by atoms with Crippen LogP contribution in [-0.2, 0) is 11.3 Å². The number of amides is 1. The van der Waals surface area contributed by atoms with Crippen molar-refractivity contribution in [2.75, 3.05) is 0 Å². The van der Waals surface area contributed by atoms with Crippen molar-refractivity contribution < 1.29 is 4.79 Å². The van der Waals surface area contributed by atoms with Gasteiger partial charge in [0, 0.05) is 17.5 Å². The summed E-state index contributed by atoms with van der Waals surface area (Å²) in [4.78, 5) is 19.9. The summed E-state index contributed by atoms with van der Waals surface area (Å²) < 4.78 is 0. The van der Waals surface area contributed by atoms with Gasteiger partial charge in [-0.25, -0.2) is 9.97 Å². The first-order valence-corrected chi connectivity index (χ1v) is 5.91. The van der Waals surface area contributed by atoms with Crippen LogP contribution in [0.5, 0.6) is 0 Å². The van der Waals surface area contributed by atoms with Crippen LogP contribution in [0.4, 0.5) is 0 Å². The zero-order chi connectivity index (χ0) is 11.0. The van der Waals surface area contributed by atoms with E-state index in [9.17, 15) is 4.79 Å². The number of rotatable bonds is 4. The van der Waals surface area contributed by atoms with Crippen molar-refractivity contribution in [2.24, 2.45) is 5.92 Å². The molecule has 2 aliphatic rings. The van der Waals surface area contributed by atoms with Crippen LogP contribution in [0.1, 0.15) is 43.0 Å². The molecule has 1 heterocycles. The Balaban J connectivity index is 1.60. The molecule has 1 N–H and O–H groups in total. The molecule has 1 aromatic heterocycles. The number of nitrogens with zero attached hydrogens (tertiary/aromatic N) is 2. The standard InChI is InChI=1S/C12H15N3O/c16-12(9-3-4-9)13-6-10-5-11(8-1-2-8)15-7-14-10/h5,7-9H,1-4,6H2,(H,13,16). The van der Waals surface area contributed by atoms with Gasteiger partial charge in [0.25, 0.3) is 0 Å². The van der Waals surface area contributed by atoms with Gasteiger partial charge in [0.1, 0.15) is 6.33 Å². The maximum absolute atomic E-state index is 11.5. The van der Waals surface area contributed by atoms with Gasteiger partial charge in [-0.2, -0.15) is 0 Å². The fourth-order valence-electron chi connectivity index (χ4n) is 1.78. The molecule has 2 fully saturated rings. The maximum atomic E-state index is 11.5. The van der Waals surface area contributed by atoms with E-state index in [1.54, 1.807) is 6.33 Å². The van der Waals surface area contributed by atoms with Gasteiger partial charge in [0.05, 0.1) is 12.2 Å².